The van der Waals surface area contributed by atoms with Crippen LogP contribution in [0.3, 0.4) is 0 Å². The van der Waals surface area contributed by atoms with Crippen LogP contribution in [0.5, 0.6) is 0 Å². The van der Waals surface area contributed by atoms with Crippen molar-refractivity contribution >= 4 is 18.0 Å². The molecule has 0 fully saturated rings. The van der Waals surface area contributed by atoms with Crippen LogP contribution in [0, 0.1) is 0 Å². The van der Waals surface area contributed by atoms with E-state index in [9.17, 15) is 14.4 Å². The quantitative estimate of drug-likeness (QED) is 0.633. The Labute approximate surface area is 119 Å². The number of esters is 1. The Kier molecular flexibility index (Phi) is 5.97. The second kappa shape index (κ2) is 6.57. The molecule has 0 radical (unpaired) electrons. The molecule has 0 saturated carbocycles. The van der Waals surface area contributed by atoms with Gasteiger partial charge < -0.3 is 14.8 Å². The van der Waals surface area contributed by atoms with Gasteiger partial charge in [-0.05, 0) is 48.5 Å². The van der Waals surface area contributed by atoms with Gasteiger partial charge in [-0.2, -0.15) is 0 Å². The molecule has 0 spiro atoms. The number of amides is 1. The maximum absolute atomic E-state index is 12.0. The first-order chi connectivity index (χ1) is 8.85. The smallest absolute Gasteiger partial charge is 0.408 e. The van der Waals surface area contributed by atoms with Gasteiger partial charge in [0.1, 0.15) is 17.1 Å². The van der Waals surface area contributed by atoms with E-state index in [2.05, 4.69) is 5.32 Å². The molecular weight excluding hydrogens is 262 g/mol. The van der Waals surface area contributed by atoms with Crippen molar-refractivity contribution < 1.29 is 23.9 Å². The molecule has 0 saturated heterocycles. The Balaban J connectivity index is 4.97. The van der Waals surface area contributed by atoms with Gasteiger partial charge in [0.15, 0.2) is 6.04 Å². The summed E-state index contributed by atoms with van der Waals surface area (Å²) in [6.07, 6.45) is -0.803. The summed E-state index contributed by atoms with van der Waals surface area (Å²) in [5, 5.41) is 2.31. The molecule has 0 aliphatic rings. The summed E-state index contributed by atoms with van der Waals surface area (Å²) in [7, 11) is 0. The van der Waals surface area contributed by atoms with E-state index in [4.69, 9.17) is 9.47 Å². The van der Waals surface area contributed by atoms with Crippen LogP contribution in [0.2, 0.25) is 0 Å². The maximum Gasteiger partial charge on any atom is 0.408 e. The molecule has 0 aromatic heterocycles. The maximum atomic E-state index is 12.0. The first-order valence-electron chi connectivity index (χ1n) is 6.29. The van der Waals surface area contributed by atoms with E-state index in [1.165, 1.54) is 6.92 Å². The summed E-state index contributed by atoms with van der Waals surface area (Å²) in [6.45, 7) is 11.5. The molecule has 1 amide bonds. The van der Waals surface area contributed by atoms with Gasteiger partial charge in [-0.3, -0.25) is 0 Å². The average Bonchev–Trinajstić information content (AvgIpc) is 2.19. The van der Waals surface area contributed by atoms with Crippen molar-refractivity contribution in [1.29, 1.82) is 0 Å². The monoisotopic (exact) mass is 285 g/mol. The number of carbonyl (C=O) groups is 2. The van der Waals surface area contributed by atoms with E-state index in [1.54, 1.807) is 47.5 Å². The van der Waals surface area contributed by atoms with E-state index < -0.39 is 29.3 Å². The number of nitrogens with one attached hydrogen (secondary N) is 1. The van der Waals surface area contributed by atoms with Crippen molar-refractivity contribution in [3.8, 4) is 0 Å². The Morgan fingerprint density at radius 2 is 1.45 bits per heavy atom. The Morgan fingerprint density at radius 3 is 1.80 bits per heavy atom. The average molecular weight is 285 g/mol. The largest absolute Gasteiger partial charge is 0.458 e. The Bertz CT molecular complexity index is 422. The Morgan fingerprint density at radius 1 is 1.00 bits per heavy atom. The lowest BCUT2D eigenvalue weighted by Gasteiger charge is -2.25. The normalized spacial score (nSPS) is 12.9. The van der Waals surface area contributed by atoms with Gasteiger partial charge in [-0.15, -0.1) is 0 Å². The number of hydrogen-bond acceptors (Lipinski definition) is 5. The van der Waals surface area contributed by atoms with Crippen LogP contribution >= 0.6 is 0 Å². The molecule has 0 aromatic rings. The standard InChI is InChI=1S/C14H23NO5/c1-9(8-16)10(11(17)19-13(2,3)4)15-12(18)20-14(5,6)7/h10H,1-7H3,(H,15,18). The van der Waals surface area contributed by atoms with Crippen LogP contribution in [-0.2, 0) is 19.1 Å². The Hall–Kier alpha value is -1.81. The fourth-order valence-electron chi connectivity index (χ4n) is 1.19. The third-order valence-electron chi connectivity index (χ3n) is 1.90. The summed E-state index contributed by atoms with van der Waals surface area (Å²) in [6, 6.07) is -1.21. The molecular formula is C14H23NO5. The van der Waals surface area contributed by atoms with Crippen LogP contribution in [0.15, 0.2) is 5.57 Å². The first-order valence-corrected chi connectivity index (χ1v) is 6.29. The number of carbonyl (C=O) groups excluding carboxylic acids is 3. The minimum absolute atomic E-state index is 0.0186. The number of alkyl carbamates (subject to hydrolysis) is 1. The highest BCUT2D eigenvalue weighted by molar-refractivity contribution is 5.87. The van der Waals surface area contributed by atoms with Crippen LogP contribution in [0.4, 0.5) is 4.79 Å². The molecule has 0 aliphatic heterocycles. The highest BCUT2D eigenvalue weighted by Crippen LogP contribution is 2.12. The molecule has 0 aliphatic carbocycles. The topological polar surface area (TPSA) is 81.7 Å². The summed E-state index contributed by atoms with van der Waals surface area (Å²) < 4.78 is 10.2. The summed E-state index contributed by atoms with van der Waals surface area (Å²) >= 11 is 0. The minimum atomic E-state index is -1.21. The highest BCUT2D eigenvalue weighted by Gasteiger charge is 2.30. The molecule has 6 nitrogen and oxygen atoms in total. The van der Waals surface area contributed by atoms with Crippen LogP contribution in [-0.4, -0.2) is 35.2 Å². The molecule has 20 heavy (non-hydrogen) atoms. The van der Waals surface area contributed by atoms with Crippen molar-refractivity contribution in [2.24, 2.45) is 0 Å². The van der Waals surface area contributed by atoms with Gasteiger partial charge in [0, 0.05) is 5.57 Å². The van der Waals surface area contributed by atoms with Crippen molar-refractivity contribution in [1.82, 2.24) is 5.32 Å². The van der Waals surface area contributed by atoms with Gasteiger partial charge >= 0.3 is 12.1 Å². The lowest BCUT2D eigenvalue weighted by molar-refractivity contribution is -0.156. The molecule has 114 valence electrons. The van der Waals surface area contributed by atoms with E-state index >= 15 is 0 Å². The molecule has 0 bridgehead atoms. The molecule has 0 aromatic carbocycles. The second-order valence-electron chi connectivity index (χ2n) is 6.40. The van der Waals surface area contributed by atoms with Gasteiger partial charge in [-0.25, -0.2) is 14.4 Å². The van der Waals surface area contributed by atoms with Gasteiger partial charge in [0.25, 0.3) is 0 Å². The van der Waals surface area contributed by atoms with Crippen molar-refractivity contribution in [3.05, 3.63) is 5.57 Å². The predicted molar refractivity (Wildman–Crippen MR) is 73.9 cm³/mol. The second-order valence-corrected chi connectivity index (χ2v) is 6.40. The van der Waals surface area contributed by atoms with Gasteiger partial charge in [-0.1, -0.05) is 0 Å². The van der Waals surface area contributed by atoms with Crippen LogP contribution < -0.4 is 5.32 Å². The van der Waals surface area contributed by atoms with E-state index in [0.29, 0.717) is 0 Å². The number of ether oxygens (including phenoxy) is 2. The molecule has 0 rings (SSSR count). The molecule has 1 unspecified atom stereocenters. The van der Waals surface area contributed by atoms with Gasteiger partial charge in [0.05, 0.1) is 0 Å². The SMILES string of the molecule is CC(=C=O)C(NC(=O)OC(C)(C)C)C(=O)OC(C)(C)C. The zero-order valence-electron chi connectivity index (χ0n) is 13.1. The van der Waals surface area contributed by atoms with E-state index in [-0.39, 0.29) is 5.57 Å². The van der Waals surface area contributed by atoms with Crippen LogP contribution in [0.1, 0.15) is 48.5 Å². The molecule has 6 heteroatoms. The van der Waals surface area contributed by atoms with Crippen molar-refractivity contribution in [3.63, 3.8) is 0 Å². The van der Waals surface area contributed by atoms with Crippen LogP contribution in [0.25, 0.3) is 0 Å². The third kappa shape index (κ3) is 7.59. The summed E-state index contributed by atoms with van der Waals surface area (Å²) in [5.41, 5.74) is -1.42. The van der Waals surface area contributed by atoms with E-state index in [1.807, 2.05) is 0 Å². The zero-order chi connectivity index (χ0) is 16.1. The minimum Gasteiger partial charge on any atom is -0.458 e. The lowest BCUT2D eigenvalue weighted by atomic mass is 10.1. The summed E-state index contributed by atoms with van der Waals surface area (Å²) in [4.78, 5) is 34.4. The number of hydrogen-bond donors (Lipinski definition) is 1. The van der Waals surface area contributed by atoms with Gasteiger partial charge in [0.2, 0.25) is 0 Å². The highest BCUT2D eigenvalue weighted by atomic mass is 16.6. The fourth-order valence-corrected chi connectivity index (χ4v) is 1.19. The molecule has 1 atom stereocenters. The third-order valence-corrected chi connectivity index (χ3v) is 1.90. The molecule has 1 N–H and O–H groups in total. The fraction of sp³-hybridized carbons (Fsp3) is 0.714. The predicted octanol–water partition coefficient (Wildman–Crippen LogP) is 2.00. The van der Waals surface area contributed by atoms with E-state index in [0.717, 1.165) is 0 Å². The number of rotatable bonds is 3. The molecule has 0 heterocycles. The van der Waals surface area contributed by atoms with Crippen molar-refractivity contribution in [2.75, 3.05) is 0 Å². The lowest BCUT2D eigenvalue weighted by Crippen LogP contribution is -2.46. The first kappa shape index (κ1) is 18.2. The summed E-state index contributed by atoms with van der Waals surface area (Å²) in [5.74, 6) is 0.863. The zero-order valence-corrected chi connectivity index (χ0v) is 13.1. The van der Waals surface area contributed by atoms with Crippen molar-refractivity contribution in [2.45, 2.75) is 65.7 Å².